The van der Waals surface area contributed by atoms with Crippen molar-refractivity contribution in [2.45, 2.75) is 31.7 Å². The van der Waals surface area contributed by atoms with E-state index >= 15 is 0 Å². The molecule has 2 bridgehead atoms. The molecule has 3 rings (SSSR count). The Hall–Kier alpha value is -1.82. The van der Waals surface area contributed by atoms with Gasteiger partial charge in [-0.1, -0.05) is 12.5 Å². The van der Waals surface area contributed by atoms with Gasteiger partial charge in [0.25, 0.3) is 0 Å². The Morgan fingerprint density at radius 2 is 2.27 bits per heavy atom. The summed E-state index contributed by atoms with van der Waals surface area (Å²) in [6, 6.07) is 5.74. The molecule has 0 saturated heterocycles. The van der Waals surface area contributed by atoms with Crippen LogP contribution in [-0.4, -0.2) is 29.6 Å². The first-order valence-corrected chi connectivity index (χ1v) is 8.03. The third kappa shape index (κ3) is 3.16. The van der Waals surface area contributed by atoms with E-state index in [9.17, 15) is 5.11 Å². The molecule has 2 aliphatic rings. The number of phenols is 1. The van der Waals surface area contributed by atoms with E-state index in [0.717, 1.165) is 11.8 Å². The maximum Gasteiger partial charge on any atom is 0.187 e. The van der Waals surface area contributed by atoms with E-state index in [4.69, 9.17) is 17.0 Å². The summed E-state index contributed by atoms with van der Waals surface area (Å²) in [5.74, 6) is 2.13. The van der Waals surface area contributed by atoms with Crippen molar-refractivity contribution in [1.29, 1.82) is 0 Å². The molecule has 2 aliphatic carbocycles. The summed E-state index contributed by atoms with van der Waals surface area (Å²) in [5, 5.41) is 17.9. The lowest BCUT2D eigenvalue weighted by molar-refractivity contribution is 0.373. The Balaban J connectivity index is 1.52. The highest BCUT2D eigenvalue weighted by atomic mass is 32.1. The predicted octanol–water partition coefficient (Wildman–Crippen LogP) is 2.39. The third-order valence-corrected chi connectivity index (χ3v) is 4.88. The molecular weight excluding hydrogens is 298 g/mol. The van der Waals surface area contributed by atoms with Gasteiger partial charge in [-0.3, -0.25) is 5.43 Å². The first-order chi connectivity index (χ1) is 10.7. The summed E-state index contributed by atoms with van der Waals surface area (Å²) >= 11 is 5.28. The standard InChI is InChI=1S/C16H21N3O2S/c1-21-14-4-2-3-12(15(14)20)9-17-19-16(22)18-13-8-10-5-6-11(13)7-10/h2-4,9-11,13,20H,5-8H2,1H3,(H2,18,19,22)/b17-9+. The minimum Gasteiger partial charge on any atom is -0.504 e. The van der Waals surface area contributed by atoms with E-state index < -0.39 is 0 Å². The second-order valence-electron chi connectivity index (χ2n) is 6.02. The number of aromatic hydroxyl groups is 1. The van der Waals surface area contributed by atoms with E-state index in [1.807, 2.05) is 0 Å². The molecule has 0 heterocycles. The molecule has 1 aromatic rings. The van der Waals surface area contributed by atoms with Crippen molar-refractivity contribution in [3.05, 3.63) is 23.8 Å². The number of methoxy groups -OCH3 is 1. The van der Waals surface area contributed by atoms with Gasteiger partial charge >= 0.3 is 0 Å². The number of phenolic OH excluding ortho intramolecular Hbond substituents is 1. The molecule has 0 radical (unpaired) electrons. The minimum absolute atomic E-state index is 0.0718. The van der Waals surface area contributed by atoms with Crippen LogP contribution in [0.15, 0.2) is 23.3 Å². The van der Waals surface area contributed by atoms with Gasteiger partial charge in [0.15, 0.2) is 16.6 Å². The van der Waals surface area contributed by atoms with E-state index in [0.29, 0.717) is 22.5 Å². The Morgan fingerprint density at radius 1 is 1.41 bits per heavy atom. The molecule has 3 unspecified atom stereocenters. The van der Waals surface area contributed by atoms with Gasteiger partial charge in [0.05, 0.1) is 13.3 Å². The number of hydrogen-bond donors (Lipinski definition) is 3. The smallest absolute Gasteiger partial charge is 0.187 e. The molecule has 0 aromatic heterocycles. The molecule has 2 saturated carbocycles. The first-order valence-electron chi connectivity index (χ1n) is 7.63. The van der Waals surface area contributed by atoms with Crippen LogP contribution in [0.1, 0.15) is 31.2 Å². The number of nitrogens with zero attached hydrogens (tertiary/aromatic N) is 1. The zero-order valence-corrected chi connectivity index (χ0v) is 13.4. The highest BCUT2D eigenvalue weighted by molar-refractivity contribution is 7.80. The van der Waals surface area contributed by atoms with Crippen LogP contribution in [0.5, 0.6) is 11.5 Å². The summed E-state index contributed by atoms with van der Waals surface area (Å²) < 4.78 is 5.06. The van der Waals surface area contributed by atoms with E-state index in [-0.39, 0.29) is 5.75 Å². The first kappa shape index (κ1) is 15.1. The average molecular weight is 319 g/mol. The van der Waals surface area contributed by atoms with Crippen LogP contribution >= 0.6 is 12.2 Å². The monoisotopic (exact) mass is 319 g/mol. The van der Waals surface area contributed by atoms with Crippen molar-refractivity contribution >= 4 is 23.5 Å². The van der Waals surface area contributed by atoms with E-state index in [1.165, 1.54) is 39.0 Å². The van der Waals surface area contributed by atoms with Crippen molar-refractivity contribution in [1.82, 2.24) is 10.7 Å². The fraction of sp³-hybridized carbons (Fsp3) is 0.500. The lowest BCUT2D eigenvalue weighted by Crippen LogP contribution is -2.42. The molecule has 0 spiro atoms. The number of nitrogens with one attached hydrogen (secondary N) is 2. The molecule has 2 fully saturated rings. The second kappa shape index (κ2) is 6.52. The van der Waals surface area contributed by atoms with Gasteiger partial charge in [-0.2, -0.15) is 5.10 Å². The maximum atomic E-state index is 9.96. The zero-order chi connectivity index (χ0) is 15.5. The van der Waals surface area contributed by atoms with Crippen LogP contribution in [0.3, 0.4) is 0 Å². The Kier molecular flexibility index (Phi) is 4.47. The fourth-order valence-corrected chi connectivity index (χ4v) is 3.79. The van der Waals surface area contributed by atoms with Gasteiger partial charge in [-0.25, -0.2) is 0 Å². The third-order valence-electron chi connectivity index (χ3n) is 4.67. The number of benzene rings is 1. The Bertz CT molecular complexity index is 591. The van der Waals surface area contributed by atoms with E-state index in [1.54, 1.807) is 18.2 Å². The molecule has 118 valence electrons. The lowest BCUT2D eigenvalue weighted by Gasteiger charge is -2.23. The molecule has 3 atom stereocenters. The molecule has 0 aliphatic heterocycles. The van der Waals surface area contributed by atoms with Gasteiger partial charge < -0.3 is 15.2 Å². The Labute approximate surface area is 135 Å². The SMILES string of the molecule is COc1cccc(/C=N/NC(=S)NC2CC3CCC2C3)c1O. The Morgan fingerprint density at radius 3 is 2.95 bits per heavy atom. The molecule has 0 amide bonds. The van der Waals surface area contributed by atoms with Gasteiger partial charge in [0, 0.05) is 11.6 Å². The highest BCUT2D eigenvalue weighted by Crippen LogP contribution is 2.44. The summed E-state index contributed by atoms with van der Waals surface area (Å²) in [6.07, 6.45) is 6.77. The van der Waals surface area contributed by atoms with Gasteiger partial charge in [-0.05, 0) is 55.4 Å². The zero-order valence-electron chi connectivity index (χ0n) is 12.6. The largest absolute Gasteiger partial charge is 0.504 e. The topological polar surface area (TPSA) is 65.9 Å². The van der Waals surface area contributed by atoms with Crippen molar-refractivity contribution in [3.8, 4) is 11.5 Å². The van der Waals surface area contributed by atoms with Crippen LogP contribution < -0.4 is 15.5 Å². The second-order valence-corrected chi connectivity index (χ2v) is 6.43. The predicted molar refractivity (Wildman–Crippen MR) is 90.4 cm³/mol. The summed E-state index contributed by atoms with van der Waals surface area (Å²) in [4.78, 5) is 0. The van der Waals surface area contributed by atoms with Crippen LogP contribution in [0, 0.1) is 11.8 Å². The number of thiocarbonyl (C=S) groups is 1. The summed E-state index contributed by atoms with van der Waals surface area (Å²) in [6.45, 7) is 0. The normalized spacial score (nSPS) is 26.3. The van der Waals surface area contributed by atoms with Gasteiger partial charge in [0.1, 0.15) is 0 Å². The number of hydrazone groups is 1. The maximum absolute atomic E-state index is 9.96. The number of ether oxygens (including phenoxy) is 1. The quantitative estimate of drug-likeness (QED) is 0.452. The van der Waals surface area contributed by atoms with Gasteiger partial charge in [0.2, 0.25) is 0 Å². The molecule has 6 heteroatoms. The van der Waals surface area contributed by atoms with Crippen LogP contribution in [-0.2, 0) is 0 Å². The van der Waals surface area contributed by atoms with E-state index in [2.05, 4.69) is 15.8 Å². The summed E-state index contributed by atoms with van der Waals surface area (Å²) in [5.41, 5.74) is 3.40. The van der Waals surface area contributed by atoms with Crippen molar-refractivity contribution in [2.75, 3.05) is 7.11 Å². The van der Waals surface area contributed by atoms with Crippen LogP contribution in [0.2, 0.25) is 0 Å². The fourth-order valence-electron chi connectivity index (χ4n) is 3.59. The van der Waals surface area contributed by atoms with Crippen LogP contribution in [0.4, 0.5) is 0 Å². The number of rotatable bonds is 4. The average Bonchev–Trinajstić information content (AvgIpc) is 3.11. The molecule has 1 aromatic carbocycles. The minimum atomic E-state index is 0.0718. The lowest BCUT2D eigenvalue weighted by atomic mass is 9.96. The van der Waals surface area contributed by atoms with Crippen molar-refractivity contribution in [3.63, 3.8) is 0 Å². The van der Waals surface area contributed by atoms with Crippen molar-refractivity contribution < 1.29 is 9.84 Å². The van der Waals surface area contributed by atoms with Crippen molar-refractivity contribution in [2.24, 2.45) is 16.9 Å². The van der Waals surface area contributed by atoms with Gasteiger partial charge in [-0.15, -0.1) is 0 Å². The molecule has 3 N–H and O–H groups in total. The number of hydrogen-bond acceptors (Lipinski definition) is 4. The number of para-hydroxylation sites is 1. The number of fused-ring (bicyclic) bond motifs is 2. The highest BCUT2D eigenvalue weighted by Gasteiger charge is 2.39. The molecule has 22 heavy (non-hydrogen) atoms. The molecular formula is C16H21N3O2S. The van der Waals surface area contributed by atoms with Crippen LogP contribution in [0.25, 0.3) is 0 Å². The molecule has 5 nitrogen and oxygen atoms in total. The summed E-state index contributed by atoms with van der Waals surface area (Å²) in [7, 11) is 1.52.